The van der Waals surface area contributed by atoms with E-state index in [0.29, 0.717) is 24.5 Å². The topological polar surface area (TPSA) is 38.8 Å². The van der Waals surface area contributed by atoms with Crippen LogP contribution in [0.1, 0.15) is 27.0 Å². The quantitative estimate of drug-likeness (QED) is 0.592. The number of aryl methyl sites for hydroxylation is 1. The Morgan fingerprint density at radius 2 is 1.75 bits per heavy atom. The van der Waals surface area contributed by atoms with Gasteiger partial charge in [-0.2, -0.15) is 0 Å². The fourth-order valence-electron chi connectivity index (χ4n) is 3.04. The van der Waals surface area contributed by atoms with E-state index in [-0.39, 0.29) is 5.91 Å². The number of hydrogen-bond donors (Lipinski definition) is 0. The van der Waals surface area contributed by atoms with Gasteiger partial charge in [-0.1, -0.05) is 42.5 Å². The average Bonchev–Trinajstić information content (AvgIpc) is 2.72. The first-order valence-corrected chi connectivity index (χ1v) is 9.22. The van der Waals surface area contributed by atoms with Gasteiger partial charge in [-0.3, -0.25) is 4.79 Å². The molecule has 0 heterocycles. The Morgan fingerprint density at radius 3 is 2.46 bits per heavy atom. The zero-order valence-electron chi connectivity index (χ0n) is 16.5. The number of hydrogen-bond acceptors (Lipinski definition) is 3. The summed E-state index contributed by atoms with van der Waals surface area (Å²) in [5, 5.41) is 0. The molecule has 0 bridgehead atoms. The number of carbonyl (C=O) groups excluding carboxylic acids is 1. The van der Waals surface area contributed by atoms with Crippen molar-refractivity contribution < 1.29 is 14.3 Å². The zero-order valence-corrected chi connectivity index (χ0v) is 16.5. The van der Waals surface area contributed by atoms with Crippen LogP contribution in [0.2, 0.25) is 0 Å². The fourth-order valence-corrected chi connectivity index (χ4v) is 3.04. The number of amides is 1. The number of methoxy groups -OCH3 is 1. The second-order valence-corrected chi connectivity index (χ2v) is 6.78. The van der Waals surface area contributed by atoms with Crippen LogP contribution >= 0.6 is 0 Å². The summed E-state index contributed by atoms with van der Waals surface area (Å²) in [6.45, 7) is 2.91. The Morgan fingerprint density at radius 1 is 0.964 bits per heavy atom. The average molecular weight is 375 g/mol. The van der Waals surface area contributed by atoms with Crippen molar-refractivity contribution in [3.63, 3.8) is 0 Å². The summed E-state index contributed by atoms with van der Waals surface area (Å²) in [6, 6.07) is 23.3. The first-order chi connectivity index (χ1) is 13.6. The van der Waals surface area contributed by atoms with Crippen molar-refractivity contribution >= 4 is 5.91 Å². The number of carbonyl (C=O) groups is 1. The van der Waals surface area contributed by atoms with Gasteiger partial charge in [0, 0.05) is 24.7 Å². The van der Waals surface area contributed by atoms with E-state index in [2.05, 4.69) is 0 Å². The molecule has 0 aromatic heterocycles. The van der Waals surface area contributed by atoms with E-state index >= 15 is 0 Å². The standard InChI is InChI=1S/C24H25NO3/c1-18-8-7-11-22(14-18)28-17-21-15-20(12-13-23(21)27-3)24(26)25(2)16-19-9-5-4-6-10-19/h4-15H,16-17H2,1-3H3. The second-order valence-electron chi connectivity index (χ2n) is 6.78. The molecule has 3 rings (SSSR count). The third kappa shape index (κ3) is 4.92. The van der Waals surface area contributed by atoms with E-state index in [1.54, 1.807) is 18.1 Å². The number of rotatable bonds is 7. The molecule has 0 fully saturated rings. The molecule has 3 aromatic rings. The molecule has 4 heteroatoms. The van der Waals surface area contributed by atoms with E-state index in [1.807, 2.05) is 80.7 Å². The summed E-state index contributed by atoms with van der Waals surface area (Å²) < 4.78 is 11.3. The highest BCUT2D eigenvalue weighted by molar-refractivity contribution is 5.94. The monoisotopic (exact) mass is 375 g/mol. The molecular formula is C24H25NO3. The summed E-state index contributed by atoms with van der Waals surface area (Å²) in [4.78, 5) is 14.6. The second kappa shape index (κ2) is 9.09. The molecule has 0 unspecified atom stereocenters. The molecule has 0 radical (unpaired) electrons. The Bertz CT molecular complexity index is 938. The lowest BCUT2D eigenvalue weighted by atomic mass is 10.1. The van der Waals surface area contributed by atoms with E-state index in [0.717, 1.165) is 22.4 Å². The molecule has 0 atom stereocenters. The van der Waals surface area contributed by atoms with Gasteiger partial charge in [-0.25, -0.2) is 0 Å². The molecule has 0 saturated carbocycles. The SMILES string of the molecule is COc1ccc(C(=O)N(C)Cc2ccccc2)cc1COc1cccc(C)c1. The minimum atomic E-state index is -0.0386. The summed E-state index contributed by atoms with van der Waals surface area (Å²) in [7, 11) is 3.43. The minimum absolute atomic E-state index is 0.0386. The first kappa shape index (κ1) is 19.5. The highest BCUT2D eigenvalue weighted by Gasteiger charge is 2.15. The van der Waals surface area contributed by atoms with Crippen molar-refractivity contribution in [1.29, 1.82) is 0 Å². The van der Waals surface area contributed by atoms with Crippen LogP contribution in [0.15, 0.2) is 72.8 Å². The zero-order chi connectivity index (χ0) is 19.9. The van der Waals surface area contributed by atoms with Gasteiger partial charge in [-0.15, -0.1) is 0 Å². The fraction of sp³-hybridized carbons (Fsp3) is 0.208. The maximum atomic E-state index is 12.9. The van der Waals surface area contributed by atoms with Crippen molar-refractivity contribution in [3.8, 4) is 11.5 Å². The van der Waals surface area contributed by atoms with Gasteiger partial charge in [-0.05, 0) is 48.4 Å². The van der Waals surface area contributed by atoms with Crippen molar-refractivity contribution in [1.82, 2.24) is 4.90 Å². The highest BCUT2D eigenvalue weighted by atomic mass is 16.5. The van der Waals surface area contributed by atoms with Crippen molar-refractivity contribution in [2.24, 2.45) is 0 Å². The van der Waals surface area contributed by atoms with Crippen LogP contribution in [0.25, 0.3) is 0 Å². The molecule has 0 aliphatic rings. The van der Waals surface area contributed by atoms with Crippen LogP contribution in [0.3, 0.4) is 0 Å². The number of ether oxygens (including phenoxy) is 2. The Hall–Kier alpha value is -3.27. The molecule has 144 valence electrons. The number of nitrogens with zero attached hydrogens (tertiary/aromatic N) is 1. The Labute approximate surface area is 166 Å². The maximum Gasteiger partial charge on any atom is 0.253 e. The van der Waals surface area contributed by atoms with Gasteiger partial charge in [0.25, 0.3) is 5.91 Å². The molecule has 0 aliphatic carbocycles. The lowest BCUT2D eigenvalue weighted by Crippen LogP contribution is -2.26. The number of benzene rings is 3. The summed E-state index contributed by atoms with van der Waals surface area (Å²) in [5.41, 5.74) is 3.68. The lowest BCUT2D eigenvalue weighted by molar-refractivity contribution is 0.0785. The third-order valence-electron chi connectivity index (χ3n) is 4.52. The molecule has 0 aliphatic heterocycles. The molecule has 1 amide bonds. The largest absolute Gasteiger partial charge is 0.496 e. The Kier molecular flexibility index (Phi) is 6.33. The molecular weight excluding hydrogens is 350 g/mol. The van der Waals surface area contributed by atoms with Gasteiger partial charge < -0.3 is 14.4 Å². The third-order valence-corrected chi connectivity index (χ3v) is 4.52. The van der Waals surface area contributed by atoms with E-state index in [9.17, 15) is 4.79 Å². The van der Waals surface area contributed by atoms with Crippen molar-refractivity contribution in [2.45, 2.75) is 20.1 Å². The van der Waals surface area contributed by atoms with E-state index in [4.69, 9.17) is 9.47 Å². The first-order valence-electron chi connectivity index (χ1n) is 9.22. The van der Waals surface area contributed by atoms with Crippen LogP contribution in [0.5, 0.6) is 11.5 Å². The summed E-state index contributed by atoms with van der Waals surface area (Å²) in [5.74, 6) is 1.46. The maximum absolute atomic E-state index is 12.9. The molecule has 0 spiro atoms. The van der Waals surface area contributed by atoms with Crippen LogP contribution in [0.4, 0.5) is 0 Å². The minimum Gasteiger partial charge on any atom is -0.496 e. The predicted molar refractivity (Wildman–Crippen MR) is 111 cm³/mol. The van der Waals surface area contributed by atoms with Gasteiger partial charge in [0.05, 0.1) is 7.11 Å². The molecule has 28 heavy (non-hydrogen) atoms. The molecule has 0 N–H and O–H groups in total. The van der Waals surface area contributed by atoms with Crippen LogP contribution in [-0.4, -0.2) is 25.0 Å². The molecule has 0 saturated heterocycles. The normalized spacial score (nSPS) is 10.4. The van der Waals surface area contributed by atoms with Gasteiger partial charge in [0.15, 0.2) is 0 Å². The van der Waals surface area contributed by atoms with Crippen LogP contribution < -0.4 is 9.47 Å². The summed E-state index contributed by atoms with van der Waals surface area (Å²) in [6.07, 6.45) is 0. The highest BCUT2D eigenvalue weighted by Crippen LogP contribution is 2.23. The predicted octanol–water partition coefficient (Wildman–Crippen LogP) is 4.85. The lowest BCUT2D eigenvalue weighted by Gasteiger charge is -2.18. The van der Waals surface area contributed by atoms with Crippen molar-refractivity contribution in [2.75, 3.05) is 14.2 Å². The van der Waals surface area contributed by atoms with Crippen LogP contribution in [-0.2, 0) is 13.2 Å². The van der Waals surface area contributed by atoms with Gasteiger partial charge in [0.1, 0.15) is 18.1 Å². The summed E-state index contributed by atoms with van der Waals surface area (Å²) >= 11 is 0. The molecule has 3 aromatic carbocycles. The Balaban J connectivity index is 1.74. The van der Waals surface area contributed by atoms with Crippen molar-refractivity contribution in [3.05, 3.63) is 95.1 Å². The van der Waals surface area contributed by atoms with Crippen LogP contribution in [0, 0.1) is 6.92 Å². The van der Waals surface area contributed by atoms with Gasteiger partial charge >= 0.3 is 0 Å². The smallest absolute Gasteiger partial charge is 0.253 e. The van der Waals surface area contributed by atoms with E-state index < -0.39 is 0 Å². The van der Waals surface area contributed by atoms with Gasteiger partial charge in [0.2, 0.25) is 0 Å². The molecule has 4 nitrogen and oxygen atoms in total. The van der Waals surface area contributed by atoms with E-state index in [1.165, 1.54) is 0 Å².